The summed E-state index contributed by atoms with van der Waals surface area (Å²) in [5.41, 5.74) is 1.93. The highest BCUT2D eigenvalue weighted by molar-refractivity contribution is 9.10. The Labute approximate surface area is 129 Å². The average Bonchev–Trinajstić information content (AvgIpc) is 2.95. The highest BCUT2D eigenvalue weighted by Gasteiger charge is 2.18. The Hall–Kier alpha value is -0.650. The van der Waals surface area contributed by atoms with Crippen molar-refractivity contribution in [2.75, 3.05) is 0 Å². The zero-order chi connectivity index (χ0) is 14.0. The normalized spacial score (nSPS) is 10.9. The van der Waals surface area contributed by atoms with Gasteiger partial charge in [-0.3, -0.25) is 9.48 Å². The molecule has 0 N–H and O–H groups in total. The maximum atomic E-state index is 12.2. The van der Waals surface area contributed by atoms with Crippen LogP contribution in [0, 0.1) is 0 Å². The molecule has 0 aliphatic heterocycles. The monoisotopic (exact) mass is 360 g/mol. The topological polar surface area (TPSA) is 34.9 Å². The van der Waals surface area contributed by atoms with Crippen LogP contribution >= 0.6 is 38.9 Å². The average molecular weight is 362 g/mol. The van der Waals surface area contributed by atoms with Gasteiger partial charge in [0, 0.05) is 6.54 Å². The van der Waals surface area contributed by atoms with E-state index in [1.807, 2.05) is 11.6 Å². The fraction of sp³-hybridized carbons (Fsp3) is 0.385. The summed E-state index contributed by atoms with van der Waals surface area (Å²) in [5.74, 6) is 0.0786. The molecule has 2 aromatic rings. The Morgan fingerprint density at radius 2 is 2.21 bits per heavy atom. The fourth-order valence-electron chi connectivity index (χ4n) is 1.89. The maximum Gasteiger partial charge on any atom is 0.178 e. The van der Waals surface area contributed by atoms with Crippen molar-refractivity contribution in [3.63, 3.8) is 0 Å². The molecule has 0 amide bonds. The van der Waals surface area contributed by atoms with Crippen LogP contribution < -0.4 is 0 Å². The Kier molecular flexibility index (Phi) is 4.81. The summed E-state index contributed by atoms with van der Waals surface area (Å²) in [6.45, 7) is 4.83. The van der Waals surface area contributed by atoms with Gasteiger partial charge in [0.05, 0.1) is 31.5 Å². The molecule has 2 rings (SSSR count). The first-order chi connectivity index (χ1) is 9.06. The molecule has 2 heterocycles. The van der Waals surface area contributed by atoms with Gasteiger partial charge in [-0.15, -0.1) is 11.3 Å². The number of hydrogen-bond acceptors (Lipinski definition) is 3. The number of aryl methyl sites for hydroxylation is 2. The van der Waals surface area contributed by atoms with Crippen molar-refractivity contribution in [1.82, 2.24) is 9.78 Å². The number of carbonyl (C=O) groups is 1. The lowest BCUT2D eigenvalue weighted by molar-refractivity contribution is 0.0994. The number of aromatic nitrogens is 2. The molecule has 0 saturated heterocycles. The van der Waals surface area contributed by atoms with Gasteiger partial charge in [0.2, 0.25) is 0 Å². The summed E-state index contributed by atoms with van der Waals surface area (Å²) >= 11 is 10.7. The largest absolute Gasteiger partial charge is 0.293 e. The molecule has 0 unspecified atom stereocenters. The van der Waals surface area contributed by atoms with Crippen LogP contribution in [0.15, 0.2) is 16.6 Å². The number of carbonyl (C=O) groups excluding carboxylic acids is 1. The molecule has 6 heteroatoms. The third-order valence-electron chi connectivity index (χ3n) is 2.87. The summed E-state index contributed by atoms with van der Waals surface area (Å²) in [4.78, 5) is 12.9. The summed E-state index contributed by atoms with van der Waals surface area (Å²) in [5, 5.41) is 4.49. The summed E-state index contributed by atoms with van der Waals surface area (Å²) in [6, 6.07) is 3.53. The fourth-order valence-corrected chi connectivity index (χ4v) is 3.57. The molecule has 0 fully saturated rings. The van der Waals surface area contributed by atoms with Crippen LogP contribution in [0.4, 0.5) is 0 Å². The number of hydrogen-bond donors (Lipinski definition) is 0. The molecule has 0 saturated carbocycles. The summed E-state index contributed by atoms with van der Waals surface area (Å²) in [6.07, 6.45) is 1.19. The molecule has 2 aromatic heterocycles. The van der Waals surface area contributed by atoms with Crippen molar-refractivity contribution in [3.8, 4) is 0 Å². The van der Waals surface area contributed by atoms with Crippen molar-refractivity contribution in [2.24, 2.45) is 0 Å². The lowest BCUT2D eigenvalue weighted by Gasteiger charge is -2.03. The molecule has 19 heavy (non-hydrogen) atoms. The maximum absolute atomic E-state index is 12.2. The standard InChI is InChI=1S/C13H14BrClN2OS/c1-3-8-13(14)9(17(4-2)16-8)7-10(18)11-5-6-12(15)19-11/h5-6H,3-4,7H2,1-2H3. The van der Waals surface area contributed by atoms with Gasteiger partial charge in [0.25, 0.3) is 0 Å². The van der Waals surface area contributed by atoms with E-state index in [4.69, 9.17) is 11.6 Å². The van der Waals surface area contributed by atoms with E-state index in [1.165, 1.54) is 11.3 Å². The van der Waals surface area contributed by atoms with E-state index in [9.17, 15) is 4.79 Å². The van der Waals surface area contributed by atoms with Gasteiger partial charge in [-0.2, -0.15) is 5.10 Å². The Morgan fingerprint density at radius 1 is 1.47 bits per heavy atom. The van der Waals surface area contributed by atoms with Gasteiger partial charge in [0.15, 0.2) is 5.78 Å². The number of Topliss-reactive ketones (excluding diaryl/α,β-unsaturated/α-hetero) is 1. The molecule has 0 atom stereocenters. The van der Waals surface area contributed by atoms with Crippen molar-refractivity contribution in [2.45, 2.75) is 33.2 Å². The van der Waals surface area contributed by atoms with Gasteiger partial charge >= 0.3 is 0 Å². The highest BCUT2D eigenvalue weighted by Crippen LogP contribution is 2.26. The molecule has 0 bridgehead atoms. The zero-order valence-electron chi connectivity index (χ0n) is 10.7. The Bertz CT molecular complexity index is 606. The number of halogens is 2. The molecule has 0 aliphatic rings. The Balaban J connectivity index is 2.28. The van der Waals surface area contributed by atoms with E-state index >= 15 is 0 Å². The van der Waals surface area contributed by atoms with Gasteiger partial charge in [0.1, 0.15) is 0 Å². The Morgan fingerprint density at radius 3 is 2.74 bits per heavy atom. The van der Waals surface area contributed by atoms with E-state index < -0.39 is 0 Å². The van der Waals surface area contributed by atoms with Crippen molar-refractivity contribution >= 4 is 44.7 Å². The third kappa shape index (κ3) is 3.09. The van der Waals surface area contributed by atoms with Crippen LogP contribution in [0.2, 0.25) is 4.34 Å². The van der Waals surface area contributed by atoms with Crippen LogP contribution in [0.1, 0.15) is 34.9 Å². The predicted molar refractivity (Wildman–Crippen MR) is 82.3 cm³/mol. The first kappa shape index (κ1) is 14.8. The van der Waals surface area contributed by atoms with Crippen molar-refractivity contribution < 1.29 is 4.79 Å². The lowest BCUT2D eigenvalue weighted by Crippen LogP contribution is -2.09. The summed E-state index contributed by atoms with van der Waals surface area (Å²) < 4.78 is 3.48. The molecule has 102 valence electrons. The number of ketones is 1. The number of nitrogens with zero attached hydrogens (tertiary/aromatic N) is 2. The zero-order valence-corrected chi connectivity index (χ0v) is 13.9. The molecule has 0 radical (unpaired) electrons. The van der Waals surface area contributed by atoms with Gasteiger partial charge < -0.3 is 0 Å². The minimum atomic E-state index is 0.0786. The molecular formula is C13H14BrClN2OS. The second kappa shape index (κ2) is 6.20. The van der Waals surface area contributed by atoms with Crippen LogP contribution in [-0.4, -0.2) is 15.6 Å². The minimum absolute atomic E-state index is 0.0786. The second-order valence-electron chi connectivity index (χ2n) is 4.08. The lowest BCUT2D eigenvalue weighted by atomic mass is 10.1. The smallest absolute Gasteiger partial charge is 0.178 e. The molecule has 3 nitrogen and oxygen atoms in total. The van der Waals surface area contributed by atoms with Gasteiger partial charge in [-0.05, 0) is 41.4 Å². The molecule has 0 spiro atoms. The van der Waals surface area contributed by atoms with Gasteiger partial charge in [-0.1, -0.05) is 18.5 Å². The first-order valence-corrected chi connectivity index (χ1v) is 8.08. The number of thiophene rings is 1. The number of rotatable bonds is 5. The van der Waals surface area contributed by atoms with Crippen molar-refractivity contribution in [3.05, 3.63) is 37.2 Å². The molecule has 0 aromatic carbocycles. The third-order valence-corrected chi connectivity index (χ3v) is 5.06. The van der Waals surface area contributed by atoms with E-state index in [1.54, 1.807) is 12.1 Å². The molecular weight excluding hydrogens is 348 g/mol. The van der Waals surface area contributed by atoms with Crippen LogP contribution in [0.5, 0.6) is 0 Å². The molecule has 0 aliphatic carbocycles. The van der Waals surface area contributed by atoms with E-state index in [-0.39, 0.29) is 5.78 Å². The SMILES string of the molecule is CCc1nn(CC)c(CC(=O)c2ccc(Cl)s2)c1Br. The van der Waals surface area contributed by atoms with Crippen LogP contribution in [0.25, 0.3) is 0 Å². The quantitative estimate of drug-likeness (QED) is 0.741. The van der Waals surface area contributed by atoms with Crippen molar-refractivity contribution in [1.29, 1.82) is 0 Å². The second-order valence-corrected chi connectivity index (χ2v) is 6.59. The predicted octanol–water partition coefficient (Wildman–Crippen LogP) is 4.37. The van der Waals surface area contributed by atoms with Crippen LogP contribution in [0.3, 0.4) is 0 Å². The van der Waals surface area contributed by atoms with Gasteiger partial charge in [-0.25, -0.2) is 0 Å². The van der Waals surface area contributed by atoms with E-state index in [0.717, 1.165) is 28.8 Å². The first-order valence-electron chi connectivity index (χ1n) is 6.09. The summed E-state index contributed by atoms with van der Waals surface area (Å²) in [7, 11) is 0. The highest BCUT2D eigenvalue weighted by atomic mass is 79.9. The minimum Gasteiger partial charge on any atom is -0.293 e. The van der Waals surface area contributed by atoms with E-state index in [0.29, 0.717) is 15.6 Å². The van der Waals surface area contributed by atoms with Crippen LogP contribution in [-0.2, 0) is 19.4 Å². The van der Waals surface area contributed by atoms with E-state index in [2.05, 4.69) is 28.0 Å².